The van der Waals surface area contributed by atoms with Crippen LogP contribution < -0.4 is 10.1 Å². The van der Waals surface area contributed by atoms with Crippen molar-refractivity contribution >= 4 is 29.1 Å². The van der Waals surface area contributed by atoms with E-state index in [1.165, 1.54) is 0 Å². The molecule has 1 N–H and O–H groups in total. The molecule has 5 nitrogen and oxygen atoms in total. The topological polar surface area (TPSA) is 50.8 Å². The predicted octanol–water partition coefficient (Wildman–Crippen LogP) is 2.46. The predicted molar refractivity (Wildman–Crippen MR) is 89.0 cm³/mol. The standard InChI is InChI=1S/C15H22Cl2N2O3/c1-19(11-14(20)18-7-4-9-21-2)8-10-22-15-12(16)5-3-6-13(15)17/h3,5-6H,4,7-11H2,1-2H3,(H,18,20). The van der Waals surface area contributed by atoms with E-state index in [1.807, 2.05) is 11.9 Å². The Labute approximate surface area is 141 Å². The molecule has 0 radical (unpaired) electrons. The van der Waals surface area contributed by atoms with Crippen LogP contribution >= 0.6 is 23.2 Å². The Morgan fingerprint density at radius 1 is 1.27 bits per heavy atom. The minimum absolute atomic E-state index is 0.0191. The number of rotatable bonds is 10. The summed E-state index contributed by atoms with van der Waals surface area (Å²) < 4.78 is 10.5. The number of benzene rings is 1. The van der Waals surface area contributed by atoms with Gasteiger partial charge in [-0.05, 0) is 25.6 Å². The monoisotopic (exact) mass is 348 g/mol. The molecule has 7 heteroatoms. The number of nitrogens with one attached hydrogen (secondary N) is 1. The molecule has 0 fully saturated rings. The van der Waals surface area contributed by atoms with Crippen molar-refractivity contribution in [2.45, 2.75) is 6.42 Å². The zero-order valence-electron chi connectivity index (χ0n) is 12.9. The smallest absolute Gasteiger partial charge is 0.234 e. The third-order valence-corrected chi connectivity index (χ3v) is 3.49. The van der Waals surface area contributed by atoms with Crippen LogP contribution in [-0.2, 0) is 9.53 Å². The summed E-state index contributed by atoms with van der Waals surface area (Å²) in [5.41, 5.74) is 0. The highest BCUT2D eigenvalue weighted by atomic mass is 35.5. The van der Waals surface area contributed by atoms with Gasteiger partial charge in [0.25, 0.3) is 0 Å². The molecule has 1 aromatic carbocycles. The first kappa shape index (κ1) is 19.0. The number of hydrogen-bond donors (Lipinski definition) is 1. The Kier molecular flexibility index (Phi) is 9.24. The van der Waals surface area contributed by atoms with E-state index < -0.39 is 0 Å². The normalized spacial score (nSPS) is 10.8. The lowest BCUT2D eigenvalue weighted by Crippen LogP contribution is -2.37. The maximum atomic E-state index is 11.7. The average molecular weight is 349 g/mol. The molecular weight excluding hydrogens is 327 g/mol. The molecule has 0 aliphatic heterocycles. The maximum Gasteiger partial charge on any atom is 0.234 e. The third kappa shape index (κ3) is 7.31. The Hall–Kier alpha value is -1.01. The molecule has 0 spiro atoms. The first-order valence-corrected chi connectivity index (χ1v) is 7.81. The van der Waals surface area contributed by atoms with Gasteiger partial charge in [0, 0.05) is 26.8 Å². The molecule has 0 aromatic heterocycles. The van der Waals surface area contributed by atoms with Gasteiger partial charge in [-0.15, -0.1) is 0 Å². The fourth-order valence-corrected chi connectivity index (χ4v) is 2.25. The Morgan fingerprint density at radius 2 is 1.95 bits per heavy atom. The lowest BCUT2D eigenvalue weighted by Gasteiger charge is -2.17. The summed E-state index contributed by atoms with van der Waals surface area (Å²) in [6, 6.07) is 5.21. The van der Waals surface area contributed by atoms with Gasteiger partial charge < -0.3 is 14.8 Å². The van der Waals surface area contributed by atoms with Crippen molar-refractivity contribution in [1.82, 2.24) is 10.2 Å². The maximum absolute atomic E-state index is 11.7. The largest absolute Gasteiger partial charge is 0.489 e. The summed E-state index contributed by atoms with van der Waals surface area (Å²) in [4.78, 5) is 13.6. The molecule has 0 aliphatic rings. The third-order valence-electron chi connectivity index (χ3n) is 2.90. The van der Waals surface area contributed by atoms with E-state index in [0.29, 0.717) is 48.6 Å². The van der Waals surface area contributed by atoms with Crippen LogP contribution in [-0.4, -0.2) is 57.8 Å². The number of amides is 1. The van der Waals surface area contributed by atoms with Crippen molar-refractivity contribution in [3.05, 3.63) is 28.2 Å². The van der Waals surface area contributed by atoms with Gasteiger partial charge in [-0.2, -0.15) is 0 Å². The summed E-state index contributed by atoms with van der Waals surface area (Å²) in [6.45, 7) is 2.56. The number of nitrogens with zero attached hydrogens (tertiary/aromatic N) is 1. The van der Waals surface area contributed by atoms with E-state index in [9.17, 15) is 4.79 Å². The summed E-state index contributed by atoms with van der Waals surface area (Å²) >= 11 is 12.0. The van der Waals surface area contributed by atoms with Crippen LogP contribution in [0.5, 0.6) is 5.75 Å². The van der Waals surface area contributed by atoms with Gasteiger partial charge in [0.15, 0.2) is 5.75 Å². The van der Waals surface area contributed by atoms with E-state index in [4.69, 9.17) is 32.7 Å². The molecular formula is C15H22Cl2N2O3. The van der Waals surface area contributed by atoms with Crippen molar-refractivity contribution < 1.29 is 14.3 Å². The van der Waals surface area contributed by atoms with E-state index in [2.05, 4.69) is 5.32 Å². The van der Waals surface area contributed by atoms with Crippen LogP contribution in [0.1, 0.15) is 6.42 Å². The van der Waals surface area contributed by atoms with Crippen LogP contribution in [0.2, 0.25) is 10.0 Å². The van der Waals surface area contributed by atoms with Crippen molar-refractivity contribution in [2.24, 2.45) is 0 Å². The summed E-state index contributed by atoms with van der Waals surface area (Å²) in [6.07, 6.45) is 0.806. The number of carbonyl (C=O) groups excluding carboxylic acids is 1. The number of likely N-dealkylation sites (N-methyl/N-ethyl adjacent to an activating group) is 1. The van der Waals surface area contributed by atoms with Gasteiger partial charge in [0.2, 0.25) is 5.91 Å². The Bertz CT molecular complexity index is 452. The average Bonchev–Trinajstić information content (AvgIpc) is 2.47. The van der Waals surface area contributed by atoms with Gasteiger partial charge in [-0.1, -0.05) is 29.3 Å². The van der Waals surface area contributed by atoms with Crippen LogP contribution in [0.3, 0.4) is 0 Å². The molecule has 1 amide bonds. The molecule has 0 unspecified atom stereocenters. The molecule has 0 aliphatic carbocycles. The molecule has 0 saturated heterocycles. The van der Waals surface area contributed by atoms with Gasteiger partial charge in [-0.3, -0.25) is 9.69 Å². The Morgan fingerprint density at radius 3 is 2.59 bits per heavy atom. The van der Waals surface area contributed by atoms with E-state index in [0.717, 1.165) is 6.42 Å². The van der Waals surface area contributed by atoms with Gasteiger partial charge in [-0.25, -0.2) is 0 Å². The summed E-state index contributed by atoms with van der Waals surface area (Å²) in [5.74, 6) is 0.456. The molecule has 0 saturated carbocycles. The van der Waals surface area contributed by atoms with E-state index in [-0.39, 0.29) is 5.91 Å². The Balaban J connectivity index is 2.23. The van der Waals surface area contributed by atoms with Crippen molar-refractivity contribution in [3.63, 3.8) is 0 Å². The second-order valence-corrected chi connectivity index (χ2v) is 5.65. The minimum Gasteiger partial charge on any atom is -0.489 e. The first-order valence-electron chi connectivity index (χ1n) is 7.05. The van der Waals surface area contributed by atoms with Crippen molar-refractivity contribution in [2.75, 3.05) is 47.0 Å². The summed E-state index contributed by atoms with van der Waals surface area (Å²) in [7, 11) is 3.49. The SMILES string of the molecule is COCCCNC(=O)CN(C)CCOc1c(Cl)cccc1Cl. The highest BCUT2D eigenvalue weighted by Crippen LogP contribution is 2.32. The lowest BCUT2D eigenvalue weighted by molar-refractivity contribution is -0.122. The van der Waals surface area contributed by atoms with Crippen LogP contribution in [0.15, 0.2) is 18.2 Å². The number of methoxy groups -OCH3 is 1. The number of hydrogen-bond acceptors (Lipinski definition) is 4. The van der Waals surface area contributed by atoms with E-state index in [1.54, 1.807) is 25.3 Å². The fraction of sp³-hybridized carbons (Fsp3) is 0.533. The summed E-state index contributed by atoms with van der Waals surface area (Å²) in [5, 5.41) is 3.79. The molecule has 0 atom stereocenters. The quantitative estimate of drug-likeness (QED) is 0.660. The number of carbonyl (C=O) groups is 1. The number of para-hydroxylation sites is 1. The van der Waals surface area contributed by atoms with Crippen LogP contribution in [0.25, 0.3) is 0 Å². The molecule has 0 bridgehead atoms. The second kappa shape index (κ2) is 10.7. The number of halogens is 2. The highest BCUT2D eigenvalue weighted by molar-refractivity contribution is 6.37. The highest BCUT2D eigenvalue weighted by Gasteiger charge is 2.09. The van der Waals surface area contributed by atoms with Crippen LogP contribution in [0.4, 0.5) is 0 Å². The van der Waals surface area contributed by atoms with Crippen molar-refractivity contribution in [3.8, 4) is 5.75 Å². The van der Waals surface area contributed by atoms with Crippen molar-refractivity contribution in [1.29, 1.82) is 0 Å². The molecule has 124 valence electrons. The molecule has 0 heterocycles. The molecule has 1 aromatic rings. The zero-order valence-corrected chi connectivity index (χ0v) is 14.4. The first-order chi connectivity index (χ1) is 10.5. The lowest BCUT2D eigenvalue weighted by atomic mass is 10.3. The molecule has 22 heavy (non-hydrogen) atoms. The number of ether oxygens (including phenoxy) is 2. The zero-order chi connectivity index (χ0) is 16.4. The minimum atomic E-state index is -0.0191. The fourth-order valence-electron chi connectivity index (χ4n) is 1.75. The van der Waals surface area contributed by atoms with Crippen LogP contribution in [0, 0.1) is 0 Å². The second-order valence-electron chi connectivity index (χ2n) is 4.83. The van der Waals surface area contributed by atoms with Gasteiger partial charge >= 0.3 is 0 Å². The van der Waals surface area contributed by atoms with Gasteiger partial charge in [0.05, 0.1) is 16.6 Å². The van der Waals surface area contributed by atoms with Gasteiger partial charge in [0.1, 0.15) is 6.61 Å². The molecule has 1 rings (SSSR count). The van der Waals surface area contributed by atoms with E-state index >= 15 is 0 Å².